The molecule has 3 heteroatoms. The minimum atomic E-state index is 0.599. The normalized spacial score (nSPS) is 11.2. The molecule has 0 atom stereocenters. The van der Waals surface area contributed by atoms with Crippen molar-refractivity contribution in [1.29, 1.82) is 0 Å². The van der Waals surface area contributed by atoms with Crippen LogP contribution in [-0.4, -0.2) is 9.78 Å². The zero-order chi connectivity index (χ0) is 13.8. The Labute approximate surface area is 115 Å². The predicted octanol–water partition coefficient (Wildman–Crippen LogP) is 2.99. The van der Waals surface area contributed by atoms with Gasteiger partial charge in [0.1, 0.15) is 5.82 Å². The summed E-state index contributed by atoms with van der Waals surface area (Å²) in [5.41, 5.74) is 9.85. The van der Waals surface area contributed by atoms with Crippen LogP contribution >= 0.6 is 0 Å². The van der Waals surface area contributed by atoms with Crippen molar-refractivity contribution in [2.45, 2.75) is 33.1 Å². The third-order valence-electron chi connectivity index (χ3n) is 3.38. The summed E-state index contributed by atoms with van der Waals surface area (Å²) in [6, 6.07) is 10.5. The molecule has 19 heavy (non-hydrogen) atoms. The Morgan fingerprint density at radius 1 is 1.16 bits per heavy atom. The third kappa shape index (κ3) is 3.37. The molecule has 0 aliphatic rings. The van der Waals surface area contributed by atoms with E-state index >= 15 is 0 Å². The van der Waals surface area contributed by atoms with Gasteiger partial charge in [-0.2, -0.15) is 5.10 Å². The van der Waals surface area contributed by atoms with E-state index in [0.717, 1.165) is 30.8 Å². The second-order valence-electron chi connectivity index (χ2n) is 5.52. The molecule has 0 spiro atoms. The minimum absolute atomic E-state index is 0.599. The molecule has 0 saturated carbocycles. The number of hydrogen-bond acceptors (Lipinski definition) is 2. The molecule has 0 saturated heterocycles. The maximum Gasteiger partial charge on any atom is 0.124 e. The number of aryl methyl sites for hydroxylation is 3. The van der Waals surface area contributed by atoms with Crippen LogP contribution in [0.2, 0.25) is 0 Å². The summed E-state index contributed by atoms with van der Waals surface area (Å²) in [5.74, 6) is 1.42. The third-order valence-corrected chi connectivity index (χ3v) is 3.38. The molecule has 1 heterocycles. The number of aromatic nitrogens is 2. The van der Waals surface area contributed by atoms with Crippen molar-refractivity contribution in [1.82, 2.24) is 9.78 Å². The van der Waals surface area contributed by atoms with Crippen molar-refractivity contribution in [3.63, 3.8) is 0 Å². The van der Waals surface area contributed by atoms with Gasteiger partial charge in [0.2, 0.25) is 0 Å². The summed E-state index contributed by atoms with van der Waals surface area (Å²) < 4.78 is 1.80. The van der Waals surface area contributed by atoms with Crippen LogP contribution in [-0.2, 0) is 26.3 Å². The number of benzene rings is 1. The van der Waals surface area contributed by atoms with Gasteiger partial charge in [-0.25, -0.2) is 0 Å². The Morgan fingerprint density at radius 2 is 1.84 bits per heavy atom. The van der Waals surface area contributed by atoms with Crippen LogP contribution in [0.3, 0.4) is 0 Å². The maximum atomic E-state index is 6.12. The average molecular weight is 257 g/mol. The summed E-state index contributed by atoms with van der Waals surface area (Å²) in [4.78, 5) is 0. The Balaban J connectivity index is 2.13. The van der Waals surface area contributed by atoms with Crippen LogP contribution in [0.5, 0.6) is 0 Å². The SMILES string of the molecule is CC(C)Cc1c(CCc2ccccc2)nn(C)c1N. The average Bonchev–Trinajstić information content (AvgIpc) is 2.65. The predicted molar refractivity (Wildman–Crippen MR) is 80.0 cm³/mol. The molecule has 0 radical (unpaired) electrons. The second kappa shape index (κ2) is 5.91. The van der Waals surface area contributed by atoms with Crippen LogP contribution in [0.4, 0.5) is 5.82 Å². The molecule has 2 rings (SSSR count). The molecule has 102 valence electrons. The number of nitrogens with zero attached hydrogens (tertiary/aromatic N) is 2. The van der Waals surface area contributed by atoms with Gasteiger partial charge in [0.05, 0.1) is 5.69 Å². The van der Waals surface area contributed by atoms with Gasteiger partial charge in [-0.15, -0.1) is 0 Å². The van der Waals surface area contributed by atoms with Gasteiger partial charge >= 0.3 is 0 Å². The van der Waals surface area contributed by atoms with E-state index in [9.17, 15) is 0 Å². The standard InChI is InChI=1S/C16H23N3/c1-12(2)11-14-15(18-19(3)16(14)17)10-9-13-7-5-4-6-8-13/h4-8,12H,9-11,17H2,1-3H3. The fraction of sp³-hybridized carbons (Fsp3) is 0.438. The molecule has 1 aromatic carbocycles. The highest BCUT2D eigenvalue weighted by Crippen LogP contribution is 2.21. The van der Waals surface area contributed by atoms with Gasteiger partial charge in [-0.1, -0.05) is 44.2 Å². The van der Waals surface area contributed by atoms with Gasteiger partial charge in [-0.3, -0.25) is 4.68 Å². The van der Waals surface area contributed by atoms with Crippen molar-refractivity contribution in [3.8, 4) is 0 Å². The van der Waals surface area contributed by atoms with Crippen molar-refractivity contribution < 1.29 is 0 Å². The lowest BCUT2D eigenvalue weighted by Crippen LogP contribution is -2.03. The number of anilines is 1. The number of nitrogen functional groups attached to an aromatic ring is 1. The topological polar surface area (TPSA) is 43.8 Å². The lowest BCUT2D eigenvalue weighted by molar-refractivity contribution is 0.643. The monoisotopic (exact) mass is 257 g/mol. The van der Waals surface area contributed by atoms with Gasteiger partial charge in [-0.05, 0) is 30.7 Å². The van der Waals surface area contributed by atoms with E-state index in [2.05, 4.69) is 43.2 Å². The quantitative estimate of drug-likeness (QED) is 0.895. The van der Waals surface area contributed by atoms with Crippen LogP contribution in [0.15, 0.2) is 30.3 Å². The molecule has 2 aromatic rings. The molecule has 1 aromatic heterocycles. The van der Waals surface area contributed by atoms with Crippen LogP contribution < -0.4 is 5.73 Å². The number of hydrogen-bond donors (Lipinski definition) is 1. The van der Waals surface area contributed by atoms with Gasteiger partial charge in [0, 0.05) is 12.6 Å². The fourth-order valence-corrected chi connectivity index (χ4v) is 2.38. The van der Waals surface area contributed by atoms with Crippen LogP contribution in [0, 0.1) is 5.92 Å². The smallest absolute Gasteiger partial charge is 0.124 e. The van der Waals surface area contributed by atoms with Gasteiger partial charge in [0.25, 0.3) is 0 Å². The van der Waals surface area contributed by atoms with E-state index in [1.54, 1.807) is 4.68 Å². The first-order valence-electron chi connectivity index (χ1n) is 6.92. The molecule has 0 bridgehead atoms. The Kier molecular flexibility index (Phi) is 4.25. The second-order valence-corrected chi connectivity index (χ2v) is 5.52. The lowest BCUT2D eigenvalue weighted by Gasteiger charge is -2.06. The fourth-order valence-electron chi connectivity index (χ4n) is 2.38. The molecule has 0 amide bonds. The van der Waals surface area contributed by atoms with E-state index in [1.807, 2.05) is 13.1 Å². The molecule has 3 nitrogen and oxygen atoms in total. The van der Waals surface area contributed by atoms with Crippen LogP contribution in [0.25, 0.3) is 0 Å². The highest BCUT2D eigenvalue weighted by atomic mass is 15.3. The Hall–Kier alpha value is -1.77. The highest BCUT2D eigenvalue weighted by Gasteiger charge is 2.14. The first kappa shape index (κ1) is 13.7. The summed E-state index contributed by atoms with van der Waals surface area (Å²) in [5, 5.41) is 4.57. The van der Waals surface area contributed by atoms with Gasteiger partial charge < -0.3 is 5.73 Å². The largest absolute Gasteiger partial charge is 0.384 e. The molecule has 2 N–H and O–H groups in total. The van der Waals surface area contributed by atoms with E-state index in [4.69, 9.17) is 5.73 Å². The van der Waals surface area contributed by atoms with Crippen molar-refractivity contribution >= 4 is 5.82 Å². The Morgan fingerprint density at radius 3 is 2.47 bits per heavy atom. The molecule has 0 aliphatic heterocycles. The minimum Gasteiger partial charge on any atom is -0.384 e. The Bertz CT molecular complexity index is 526. The summed E-state index contributed by atoms with van der Waals surface area (Å²) in [7, 11) is 1.92. The molecule has 0 aliphatic carbocycles. The first-order valence-corrected chi connectivity index (χ1v) is 6.92. The van der Waals surface area contributed by atoms with Crippen molar-refractivity contribution in [2.24, 2.45) is 13.0 Å². The summed E-state index contributed by atoms with van der Waals surface area (Å²) in [6.45, 7) is 4.43. The highest BCUT2D eigenvalue weighted by molar-refractivity contribution is 5.44. The number of rotatable bonds is 5. The van der Waals surface area contributed by atoms with Gasteiger partial charge in [0.15, 0.2) is 0 Å². The van der Waals surface area contributed by atoms with E-state index in [1.165, 1.54) is 11.1 Å². The summed E-state index contributed by atoms with van der Waals surface area (Å²) in [6.07, 6.45) is 2.98. The van der Waals surface area contributed by atoms with Crippen molar-refractivity contribution in [3.05, 3.63) is 47.2 Å². The van der Waals surface area contributed by atoms with E-state index in [0.29, 0.717) is 5.92 Å². The van der Waals surface area contributed by atoms with E-state index < -0.39 is 0 Å². The molecular formula is C16H23N3. The zero-order valence-electron chi connectivity index (χ0n) is 12.1. The zero-order valence-corrected chi connectivity index (χ0v) is 12.1. The number of nitrogens with two attached hydrogens (primary N) is 1. The van der Waals surface area contributed by atoms with Crippen molar-refractivity contribution in [2.75, 3.05) is 5.73 Å². The molecule has 0 unspecified atom stereocenters. The van der Waals surface area contributed by atoms with E-state index in [-0.39, 0.29) is 0 Å². The summed E-state index contributed by atoms with van der Waals surface area (Å²) >= 11 is 0. The van der Waals surface area contributed by atoms with Crippen LogP contribution in [0.1, 0.15) is 30.7 Å². The lowest BCUT2D eigenvalue weighted by atomic mass is 9.99. The maximum absolute atomic E-state index is 6.12. The molecular weight excluding hydrogens is 234 g/mol. The molecule has 0 fully saturated rings. The first-order chi connectivity index (χ1) is 9.08.